The van der Waals surface area contributed by atoms with E-state index >= 15 is 0 Å². The van der Waals surface area contributed by atoms with E-state index in [9.17, 15) is 4.79 Å². The van der Waals surface area contributed by atoms with Crippen molar-refractivity contribution in [1.29, 1.82) is 0 Å². The Morgan fingerprint density at radius 3 is 1.09 bits per heavy atom. The molecule has 1 atom stereocenters. The molecule has 0 heterocycles. The van der Waals surface area contributed by atoms with E-state index in [1.165, 1.54) is 161 Å². The third kappa shape index (κ3) is 29.6. The van der Waals surface area contributed by atoms with Crippen LogP contribution in [0, 0.1) is 0 Å². The fourth-order valence-electron chi connectivity index (χ4n) is 5.08. The average Bonchev–Trinajstić information content (AvgIpc) is 2.85. The first kappa shape index (κ1) is 34.5. The Hall–Kier alpha value is -0.530. The molecule has 1 unspecified atom stereocenters. The molecule has 0 N–H and O–H groups in total. The Morgan fingerprint density at radius 1 is 0.457 bits per heavy atom. The summed E-state index contributed by atoms with van der Waals surface area (Å²) >= 11 is 0. The van der Waals surface area contributed by atoms with Crippen LogP contribution in [0.25, 0.3) is 0 Å². The third-order valence-corrected chi connectivity index (χ3v) is 7.53. The van der Waals surface area contributed by atoms with Crippen LogP contribution < -0.4 is 0 Å². The molecule has 0 bridgehead atoms. The first-order valence-electron chi connectivity index (χ1n) is 16.4. The van der Waals surface area contributed by atoms with E-state index in [-0.39, 0.29) is 12.1 Å². The van der Waals surface area contributed by atoms with Gasteiger partial charge in [-0.05, 0) is 26.2 Å². The highest BCUT2D eigenvalue weighted by atomic mass is 16.5. The largest absolute Gasteiger partial charge is 0.463 e. The maximum Gasteiger partial charge on any atom is 0.306 e. The smallest absolute Gasteiger partial charge is 0.306 e. The van der Waals surface area contributed by atoms with Crippen LogP contribution in [-0.2, 0) is 9.53 Å². The minimum atomic E-state index is 0.0234. The number of ether oxygens (including phenoxy) is 1. The third-order valence-electron chi connectivity index (χ3n) is 7.53. The van der Waals surface area contributed by atoms with Crippen molar-refractivity contribution >= 4 is 5.97 Å². The summed E-state index contributed by atoms with van der Waals surface area (Å²) in [5.74, 6) is 0.0234. The molecule has 0 aliphatic carbocycles. The second kappa shape index (κ2) is 29.7. The predicted octanol–water partition coefficient (Wildman–Crippen LogP) is 11.9. The summed E-state index contributed by atoms with van der Waals surface area (Å²) in [6.45, 7) is 6.64. The lowest BCUT2D eigenvalue weighted by molar-refractivity contribution is -0.148. The van der Waals surface area contributed by atoms with Crippen molar-refractivity contribution in [3.63, 3.8) is 0 Å². The van der Waals surface area contributed by atoms with Crippen LogP contribution in [0.3, 0.4) is 0 Å². The molecule has 0 aromatic carbocycles. The lowest BCUT2D eigenvalue weighted by Crippen LogP contribution is -2.14. The Labute approximate surface area is 222 Å². The molecule has 35 heavy (non-hydrogen) atoms. The summed E-state index contributed by atoms with van der Waals surface area (Å²) in [4.78, 5) is 12.1. The molecular weight excluding hydrogens is 428 g/mol. The molecule has 210 valence electrons. The van der Waals surface area contributed by atoms with Gasteiger partial charge in [-0.15, -0.1) is 0 Å². The normalized spacial score (nSPS) is 12.2. The lowest BCUT2D eigenvalue weighted by atomic mass is 10.0. The first-order valence-corrected chi connectivity index (χ1v) is 16.4. The maximum atomic E-state index is 12.1. The highest BCUT2D eigenvalue weighted by molar-refractivity contribution is 5.69. The van der Waals surface area contributed by atoms with Crippen molar-refractivity contribution in [2.75, 3.05) is 0 Å². The number of carbonyl (C=O) groups is 1. The maximum absolute atomic E-state index is 12.1. The van der Waals surface area contributed by atoms with Crippen LogP contribution in [-0.4, -0.2) is 12.1 Å². The Kier molecular flexibility index (Phi) is 29.2. The van der Waals surface area contributed by atoms with E-state index < -0.39 is 0 Å². The van der Waals surface area contributed by atoms with E-state index in [0.717, 1.165) is 12.8 Å². The van der Waals surface area contributed by atoms with Crippen molar-refractivity contribution in [3.8, 4) is 0 Å². The number of rotatable bonds is 29. The van der Waals surface area contributed by atoms with Gasteiger partial charge in [-0.25, -0.2) is 0 Å². The highest BCUT2D eigenvalue weighted by Crippen LogP contribution is 2.15. The van der Waals surface area contributed by atoms with Crippen LogP contribution in [0.5, 0.6) is 0 Å². The number of carbonyl (C=O) groups excluding carboxylic acids is 1. The molecule has 0 aliphatic rings. The Bertz CT molecular complexity index is 406. The van der Waals surface area contributed by atoms with Gasteiger partial charge < -0.3 is 4.74 Å². The minimum Gasteiger partial charge on any atom is -0.463 e. The average molecular weight is 495 g/mol. The molecule has 0 saturated heterocycles. The van der Waals surface area contributed by atoms with Gasteiger partial charge in [0.05, 0.1) is 6.10 Å². The molecule has 0 saturated carbocycles. The molecule has 0 aliphatic heterocycles. The summed E-state index contributed by atoms with van der Waals surface area (Å²) in [5, 5.41) is 0. The van der Waals surface area contributed by atoms with Gasteiger partial charge >= 0.3 is 5.97 Å². The quantitative estimate of drug-likeness (QED) is 0.0763. The van der Waals surface area contributed by atoms with E-state index in [1.807, 2.05) is 0 Å². The van der Waals surface area contributed by atoms with Crippen LogP contribution >= 0.6 is 0 Å². The Balaban J connectivity index is 3.28. The second-order valence-corrected chi connectivity index (χ2v) is 11.3. The zero-order valence-corrected chi connectivity index (χ0v) is 24.7. The zero-order valence-electron chi connectivity index (χ0n) is 24.7. The highest BCUT2D eigenvalue weighted by Gasteiger charge is 2.09. The van der Waals surface area contributed by atoms with Gasteiger partial charge in [0, 0.05) is 6.42 Å². The monoisotopic (exact) mass is 495 g/mol. The fourth-order valence-corrected chi connectivity index (χ4v) is 5.08. The van der Waals surface area contributed by atoms with Crippen LogP contribution in [0.15, 0.2) is 0 Å². The first-order chi connectivity index (χ1) is 17.2. The zero-order chi connectivity index (χ0) is 25.7. The van der Waals surface area contributed by atoms with Gasteiger partial charge in [-0.2, -0.15) is 0 Å². The van der Waals surface area contributed by atoms with E-state index in [0.29, 0.717) is 6.42 Å². The second-order valence-electron chi connectivity index (χ2n) is 11.3. The lowest BCUT2D eigenvalue weighted by Gasteiger charge is -2.13. The fraction of sp³-hybridized carbons (Fsp3) is 0.970. The molecule has 0 aromatic rings. The van der Waals surface area contributed by atoms with Crippen molar-refractivity contribution in [1.82, 2.24) is 0 Å². The predicted molar refractivity (Wildman–Crippen MR) is 156 cm³/mol. The number of hydrogen-bond acceptors (Lipinski definition) is 2. The van der Waals surface area contributed by atoms with E-state index in [2.05, 4.69) is 20.8 Å². The summed E-state index contributed by atoms with van der Waals surface area (Å²) in [6.07, 6.45) is 37.1. The molecule has 0 spiro atoms. The SMILES string of the molecule is CCCCCCCCCCCCCCCC(=O)OC(C)CCCCCCCCCCCCCCC. The summed E-state index contributed by atoms with van der Waals surface area (Å²) in [5.41, 5.74) is 0. The molecule has 2 heteroatoms. The van der Waals surface area contributed by atoms with Gasteiger partial charge in [0.25, 0.3) is 0 Å². The topological polar surface area (TPSA) is 26.3 Å². The minimum absolute atomic E-state index is 0.0234. The van der Waals surface area contributed by atoms with Gasteiger partial charge in [0.1, 0.15) is 0 Å². The molecule has 0 aromatic heterocycles. The molecular formula is C33H66O2. The summed E-state index contributed by atoms with van der Waals surface area (Å²) in [6, 6.07) is 0. The number of hydrogen-bond donors (Lipinski definition) is 0. The summed E-state index contributed by atoms with van der Waals surface area (Å²) < 4.78 is 5.63. The number of esters is 1. The van der Waals surface area contributed by atoms with Gasteiger partial charge in [-0.3, -0.25) is 4.79 Å². The van der Waals surface area contributed by atoms with Gasteiger partial charge in [-0.1, -0.05) is 168 Å². The van der Waals surface area contributed by atoms with Crippen LogP contribution in [0.4, 0.5) is 0 Å². The van der Waals surface area contributed by atoms with E-state index in [4.69, 9.17) is 4.74 Å². The molecule has 0 rings (SSSR count). The van der Waals surface area contributed by atoms with Gasteiger partial charge in [0.15, 0.2) is 0 Å². The van der Waals surface area contributed by atoms with E-state index in [1.54, 1.807) is 0 Å². The van der Waals surface area contributed by atoms with Crippen molar-refractivity contribution < 1.29 is 9.53 Å². The van der Waals surface area contributed by atoms with Crippen molar-refractivity contribution in [3.05, 3.63) is 0 Å². The van der Waals surface area contributed by atoms with Gasteiger partial charge in [0.2, 0.25) is 0 Å². The summed E-state index contributed by atoms with van der Waals surface area (Å²) in [7, 11) is 0. The van der Waals surface area contributed by atoms with Crippen molar-refractivity contribution in [2.45, 2.75) is 207 Å². The van der Waals surface area contributed by atoms with Crippen LogP contribution in [0.2, 0.25) is 0 Å². The standard InChI is InChI=1S/C33H66O2/c1-4-6-8-10-12-14-16-18-20-22-24-26-28-30-32(3)35-33(34)31-29-27-25-23-21-19-17-15-13-11-9-7-5-2/h32H,4-31H2,1-3H3. The molecule has 2 nitrogen and oxygen atoms in total. The number of unbranched alkanes of at least 4 members (excludes halogenated alkanes) is 24. The Morgan fingerprint density at radius 2 is 0.743 bits per heavy atom. The molecule has 0 radical (unpaired) electrons. The van der Waals surface area contributed by atoms with Crippen molar-refractivity contribution in [2.24, 2.45) is 0 Å². The molecule has 0 fully saturated rings. The van der Waals surface area contributed by atoms with Crippen LogP contribution in [0.1, 0.15) is 201 Å². The molecule has 0 amide bonds.